The van der Waals surface area contributed by atoms with Gasteiger partial charge in [0.1, 0.15) is 6.10 Å². The summed E-state index contributed by atoms with van der Waals surface area (Å²) in [7, 11) is 0. The van der Waals surface area contributed by atoms with Crippen molar-refractivity contribution in [2.75, 3.05) is 0 Å². The summed E-state index contributed by atoms with van der Waals surface area (Å²) < 4.78 is 5.06. The number of rotatable bonds is 2. The summed E-state index contributed by atoms with van der Waals surface area (Å²) in [5, 5.41) is 0. The van der Waals surface area contributed by atoms with E-state index in [-0.39, 0.29) is 6.10 Å². The quantitative estimate of drug-likeness (QED) is 0.367. The van der Waals surface area contributed by atoms with Gasteiger partial charge in [-0.05, 0) is 19.3 Å². The van der Waals surface area contributed by atoms with Crippen molar-refractivity contribution in [3.63, 3.8) is 0 Å². The van der Waals surface area contributed by atoms with Gasteiger partial charge < -0.3 is 16.2 Å². The number of esters is 1. The molecule has 1 saturated carbocycles. The molecule has 74 valence electrons. The Labute approximate surface area is 77.9 Å². The zero-order chi connectivity index (χ0) is 9.90. The van der Waals surface area contributed by atoms with Gasteiger partial charge in [-0.3, -0.25) is 0 Å². The first-order chi connectivity index (χ1) is 6.03. The molecule has 0 amide bonds. The Balaban J connectivity index is 2.43. The monoisotopic (exact) mass is 184 g/mol. The molecule has 0 spiro atoms. The van der Waals surface area contributed by atoms with Crippen LogP contribution in [-0.4, -0.2) is 17.7 Å². The molecule has 4 nitrogen and oxygen atoms in total. The Morgan fingerprint density at radius 3 is 2.85 bits per heavy atom. The zero-order valence-electron chi connectivity index (χ0n) is 7.66. The average Bonchev–Trinajstić information content (AvgIpc) is 2.02. The molecule has 0 radical (unpaired) electrons. The van der Waals surface area contributed by atoms with Gasteiger partial charge in [-0.25, -0.2) is 4.79 Å². The van der Waals surface area contributed by atoms with Crippen molar-refractivity contribution in [3.05, 3.63) is 12.7 Å². The third-order valence-corrected chi connectivity index (χ3v) is 2.23. The fourth-order valence-electron chi connectivity index (χ4n) is 1.60. The Kier molecular flexibility index (Phi) is 3.06. The summed E-state index contributed by atoms with van der Waals surface area (Å²) in [6, 6.07) is 0. The molecule has 13 heavy (non-hydrogen) atoms. The molecule has 1 rings (SSSR count). The molecule has 0 aromatic heterocycles. The Bertz CT molecular complexity index is 214. The van der Waals surface area contributed by atoms with Gasteiger partial charge in [-0.15, -0.1) is 0 Å². The normalized spacial score (nSPS) is 26.5. The van der Waals surface area contributed by atoms with Crippen molar-refractivity contribution in [3.8, 4) is 0 Å². The third-order valence-electron chi connectivity index (χ3n) is 2.23. The van der Waals surface area contributed by atoms with E-state index >= 15 is 0 Å². The maximum atomic E-state index is 10.9. The van der Waals surface area contributed by atoms with E-state index in [4.69, 9.17) is 16.2 Å². The fraction of sp³-hybridized carbons (Fsp3) is 0.667. The topological polar surface area (TPSA) is 78.3 Å². The lowest BCUT2D eigenvalue weighted by atomic mass is 9.88. The number of hydrogen-bond acceptors (Lipinski definition) is 4. The predicted molar refractivity (Wildman–Crippen MR) is 49.7 cm³/mol. The number of hydrogen-bond donors (Lipinski definition) is 2. The van der Waals surface area contributed by atoms with E-state index in [1.54, 1.807) is 0 Å². The fourth-order valence-corrected chi connectivity index (χ4v) is 1.60. The maximum absolute atomic E-state index is 10.9. The van der Waals surface area contributed by atoms with E-state index in [0.29, 0.717) is 6.42 Å². The van der Waals surface area contributed by atoms with Crippen molar-refractivity contribution in [2.45, 2.75) is 37.5 Å². The molecule has 0 aliphatic heterocycles. The molecule has 0 aromatic carbocycles. The molecule has 4 N–H and O–H groups in total. The van der Waals surface area contributed by atoms with E-state index in [1.165, 1.54) is 0 Å². The second-order valence-electron chi connectivity index (χ2n) is 3.59. The van der Waals surface area contributed by atoms with Crippen LogP contribution in [0.2, 0.25) is 0 Å². The van der Waals surface area contributed by atoms with E-state index in [1.807, 2.05) is 0 Å². The summed E-state index contributed by atoms with van der Waals surface area (Å²) in [5.41, 5.74) is 10.8. The van der Waals surface area contributed by atoms with Crippen LogP contribution in [0.5, 0.6) is 0 Å². The summed E-state index contributed by atoms with van der Waals surface area (Å²) in [6.45, 7) is 3.33. The first kappa shape index (κ1) is 10.2. The van der Waals surface area contributed by atoms with Gasteiger partial charge in [0.05, 0.1) is 5.66 Å². The minimum atomic E-state index is -0.676. The predicted octanol–water partition coefficient (Wildman–Crippen LogP) is 0.272. The summed E-state index contributed by atoms with van der Waals surface area (Å²) in [6.07, 6.45) is 4.08. The Morgan fingerprint density at radius 1 is 1.62 bits per heavy atom. The molecule has 1 aliphatic rings. The van der Waals surface area contributed by atoms with Gasteiger partial charge in [0.15, 0.2) is 0 Å². The van der Waals surface area contributed by atoms with Crippen LogP contribution in [0.15, 0.2) is 12.7 Å². The number of carbonyl (C=O) groups excluding carboxylic acids is 1. The molecule has 1 atom stereocenters. The molecule has 4 heteroatoms. The first-order valence-electron chi connectivity index (χ1n) is 4.44. The SMILES string of the molecule is C=CC(=O)OC1CCCC(N)(N)C1. The van der Waals surface area contributed by atoms with Crippen LogP contribution in [-0.2, 0) is 9.53 Å². The largest absolute Gasteiger partial charge is 0.459 e. The maximum Gasteiger partial charge on any atom is 0.330 e. The van der Waals surface area contributed by atoms with Gasteiger partial charge >= 0.3 is 5.97 Å². The first-order valence-corrected chi connectivity index (χ1v) is 4.44. The smallest absolute Gasteiger partial charge is 0.330 e. The van der Waals surface area contributed by atoms with Crippen molar-refractivity contribution >= 4 is 5.97 Å². The highest BCUT2D eigenvalue weighted by atomic mass is 16.5. The van der Waals surface area contributed by atoms with Crippen LogP contribution in [0.1, 0.15) is 25.7 Å². The lowest BCUT2D eigenvalue weighted by Crippen LogP contribution is -2.54. The van der Waals surface area contributed by atoms with Gasteiger partial charge in [-0.2, -0.15) is 0 Å². The summed E-state index contributed by atoms with van der Waals surface area (Å²) in [5.74, 6) is -0.400. The van der Waals surface area contributed by atoms with Crippen LogP contribution in [0, 0.1) is 0 Å². The molecule has 1 aliphatic carbocycles. The lowest BCUT2D eigenvalue weighted by molar-refractivity contribution is -0.145. The van der Waals surface area contributed by atoms with E-state index in [2.05, 4.69) is 6.58 Å². The van der Waals surface area contributed by atoms with E-state index in [9.17, 15) is 4.79 Å². The minimum Gasteiger partial charge on any atom is -0.459 e. The second kappa shape index (κ2) is 3.89. The van der Waals surface area contributed by atoms with E-state index < -0.39 is 11.6 Å². The van der Waals surface area contributed by atoms with Crippen molar-refractivity contribution < 1.29 is 9.53 Å². The highest BCUT2D eigenvalue weighted by Crippen LogP contribution is 2.24. The molecule has 0 bridgehead atoms. The van der Waals surface area contributed by atoms with Crippen LogP contribution in [0.4, 0.5) is 0 Å². The van der Waals surface area contributed by atoms with Crippen LogP contribution >= 0.6 is 0 Å². The second-order valence-corrected chi connectivity index (χ2v) is 3.59. The number of ether oxygens (including phenoxy) is 1. The number of nitrogens with two attached hydrogens (primary N) is 2. The van der Waals surface area contributed by atoms with Gasteiger partial charge in [-0.1, -0.05) is 6.58 Å². The summed E-state index contributed by atoms with van der Waals surface area (Å²) >= 11 is 0. The lowest BCUT2D eigenvalue weighted by Gasteiger charge is -2.33. The molecule has 0 saturated heterocycles. The molecule has 1 unspecified atom stereocenters. The third kappa shape index (κ3) is 3.16. The summed E-state index contributed by atoms with van der Waals surface area (Å²) in [4.78, 5) is 10.9. The molecule has 1 fully saturated rings. The van der Waals surface area contributed by atoms with Gasteiger partial charge in [0, 0.05) is 12.5 Å². The standard InChI is InChI=1S/C9H16N2O2/c1-2-8(12)13-7-4-3-5-9(10,11)6-7/h2,7H,1,3-6,10-11H2. The van der Waals surface area contributed by atoms with Crippen LogP contribution < -0.4 is 11.5 Å². The highest BCUT2D eigenvalue weighted by molar-refractivity contribution is 5.81. The van der Waals surface area contributed by atoms with E-state index in [0.717, 1.165) is 25.3 Å². The number of carbonyl (C=O) groups is 1. The molecule has 0 heterocycles. The van der Waals surface area contributed by atoms with Gasteiger partial charge in [0.2, 0.25) is 0 Å². The van der Waals surface area contributed by atoms with Crippen molar-refractivity contribution in [1.82, 2.24) is 0 Å². The molecule has 0 aromatic rings. The van der Waals surface area contributed by atoms with Crippen molar-refractivity contribution in [1.29, 1.82) is 0 Å². The average molecular weight is 184 g/mol. The van der Waals surface area contributed by atoms with Crippen molar-refractivity contribution in [2.24, 2.45) is 11.5 Å². The highest BCUT2D eigenvalue weighted by Gasteiger charge is 2.30. The molecular formula is C9H16N2O2. The van der Waals surface area contributed by atoms with Crippen LogP contribution in [0.3, 0.4) is 0 Å². The molecular weight excluding hydrogens is 168 g/mol. The Morgan fingerprint density at radius 2 is 2.31 bits per heavy atom. The van der Waals surface area contributed by atoms with Gasteiger partial charge in [0.25, 0.3) is 0 Å². The zero-order valence-corrected chi connectivity index (χ0v) is 7.66. The minimum absolute atomic E-state index is 0.144. The Hall–Kier alpha value is -0.870. The van der Waals surface area contributed by atoms with Crippen LogP contribution in [0.25, 0.3) is 0 Å².